The van der Waals surface area contributed by atoms with Gasteiger partial charge in [0.2, 0.25) is 0 Å². The van der Waals surface area contributed by atoms with E-state index in [1.165, 1.54) is 25.7 Å². The van der Waals surface area contributed by atoms with Crippen LogP contribution in [0.5, 0.6) is 0 Å². The predicted molar refractivity (Wildman–Crippen MR) is 119 cm³/mol. The summed E-state index contributed by atoms with van der Waals surface area (Å²) < 4.78 is 0. The average Bonchev–Trinajstić information content (AvgIpc) is 2.56. The minimum absolute atomic E-state index is 0. The van der Waals surface area contributed by atoms with Crippen LogP contribution in [0.4, 0.5) is 0 Å². The number of piperazine rings is 1. The molecule has 0 aromatic heterocycles. The third-order valence-corrected chi connectivity index (χ3v) is 5.84. The minimum atomic E-state index is 0. The van der Waals surface area contributed by atoms with Crippen LogP contribution in [0.1, 0.15) is 46.5 Å². The van der Waals surface area contributed by atoms with Gasteiger partial charge in [-0.3, -0.25) is 9.89 Å². The van der Waals surface area contributed by atoms with Gasteiger partial charge >= 0.3 is 0 Å². The molecule has 2 N–H and O–H groups in total. The second kappa shape index (κ2) is 11.6. The van der Waals surface area contributed by atoms with Crippen LogP contribution in [-0.2, 0) is 0 Å². The van der Waals surface area contributed by atoms with Crippen LogP contribution in [0.2, 0.25) is 0 Å². The molecule has 148 valence electrons. The second-order valence-electron chi connectivity index (χ2n) is 8.12. The molecule has 25 heavy (non-hydrogen) atoms. The van der Waals surface area contributed by atoms with Crippen molar-refractivity contribution in [3.63, 3.8) is 0 Å². The molecule has 2 fully saturated rings. The predicted octanol–water partition coefficient (Wildman–Crippen LogP) is 2.62. The molecule has 1 heterocycles. The maximum atomic E-state index is 4.90. The fourth-order valence-electron chi connectivity index (χ4n) is 3.94. The highest BCUT2D eigenvalue weighted by molar-refractivity contribution is 14.0. The largest absolute Gasteiger partial charge is 0.357 e. The molecular weight excluding hydrogens is 425 g/mol. The Balaban J connectivity index is 0.00000312. The molecule has 0 aromatic carbocycles. The van der Waals surface area contributed by atoms with Gasteiger partial charge in [-0.1, -0.05) is 13.8 Å². The van der Waals surface area contributed by atoms with Crippen LogP contribution in [-0.4, -0.2) is 74.7 Å². The van der Waals surface area contributed by atoms with Gasteiger partial charge in [0, 0.05) is 38.3 Å². The second-order valence-corrected chi connectivity index (χ2v) is 8.12. The highest BCUT2D eigenvalue weighted by Crippen LogP contribution is 2.29. The first-order valence-electron chi connectivity index (χ1n) is 9.93. The third kappa shape index (κ3) is 7.59. The molecule has 0 bridgehead atoms. The Labute approximate surface area is 172 Å². The minimum Gasteiger partial charge on any atom is -0.357 e. The number of nitrogens with zero attached hydrogens (tertiary/aromatic N) is 3. The topological polar surface area (TPSA) is 42.9 Å². The molecule has 0 spiro atoms. The van der Waals surface area contributed by atoms with Crippen LogP contribution in [0.3, 0.4) is 0 Å². The molecule has 1 unspecified atom stereocenters. The van der Waals surface area contributed by atoms with Crippen molar-refractivity contribution >= 4 is 29.9 Å². The molecule has 6 heteroatoms. The lowest BCUT2D eigenvalue weighted by Gasteiger charge is -2.37. The summed E-state index contributed by atoms with van der Waals surface area (Å²) in [5.74, 6) is 2.74. The van der Waals surface area contributed by atoms with Crippen molar-refractivity contribution in [2.45, 2.75) is 58.5 Å². The molecule has 2 aliphatic rings. The highest BCUT2D eigenvalue weighted by Gasteiger charge is 2.24. The summed E-state index contributed by atoms with van der Waals surface area (Å²) >= 11 is 0. The molecule has 1 aliphatic heterocycles. The van der Waals surface area contributed by atoms with Gasteiger partial charge in [0.25, 0.3) is 0 Å². The van der Waals surface area contributed by atoms with Gasteiger partial charge in [-0.2, -0.15) is 0 Å². The smallest absolute Gasteiger partial charge is 0.191 e. The number of guanidine groups is 1. The van der Waals surface area contributed by atoms with E-state index in [1.54, 1.807) is 0 Å². The van der Waals surface area contributed by atoms with Crippen molar-refractivity contribution in [2.75, 3.05) is 46.8 Å². The SMILES string of the molecule is CCNC(=NCC1CN(C)CCN1C)NC1CCC(C(C)C)CC1.I. The van der Waals surface area contributed by atoms with E-state index < -0.39 is 0 Å². The van der Waals surface area contributed by atoms with Crippen molar-refractivity contribution in [1.29, 1.82) is 0 Å². The zero-order valence-electron chi connectivity index (χ0n) is 16.9. The fourth-order valence-corrected chi connectivity index (χ4v) is 3.94. The van der Waals surface area contributed by atoms with Crippen LogP contribution < -0.4 is 10.6 Å². The lowest BCUT2D eigenvalue weighted by Crippen LogP contribution is -2.52. The van der Waals surface area contributed by atoms with E-state index in [0.29, 0.717) is 12.1 Å². The number of rotatable bonds is 5. The van der Waals surface area contributed by atoms with Gasteiger partial charge in [-0.05, 0) is 58.5 Å². The van der Waals surface area contributed by atoms with Crippen molar-refractivity contribution in [3.8, 4) is 0 Å². The zero-order chi connectivity index (χ0) is 17.5. The average molecular weight is 465 g/mol. The van der Waals surface area contributed by atoms with E-state index in [-0.39, 0.29) is 24.0 Å². The molecule has 1 atom stereocenters. The van der Waals surface area contributed by atoms with Crippen molar-refractivity contribution in [3.05, 3.63) is 0 Å². The number of likely N-dealkylation sites (N-methyl/N-ethyl adjacent to an activating group) is 2. The molecule has 0 radical (unpaired) electrons. The number of hydrogen-bond donors (Lipinski definition) is 2. The summed E-state index contributed by atoms with van der Waals surface area (Å²) in [6.07, 6.45) is 5.26. The molecule has 1 aliphatic carbocycles. The van der Waals surface area contributed by atoms with Gasteiger partial charge in [-0.25, -0.2) is 0 Å². The fraction of sp³-hybridized carbons (Fsp3) is 0.947. The number of aliphatic imine (C=N–C) groups is 1. The van der Waals surface area contributed by atoms with E-state index in [2.05, 4.69) is 55.3 Å². The van der Waals surface area contributed by atoms with Crippen molar-refractivity contribution in [2.24, 2.45) is 16.8 Å². The van der Waals surface area contributed by atoms with Gasteiger partial charge in [0.05, 0.1) is 6.54 Å². The van der Waals surface area contributed by atoms with Gasteiger partial charge in [0.1, 0.15) is 0 Å². The van der Waals surface area contributed by atoms with Crippen LogP contribution in [0.25, 0.3) is 0 Å². The summed E-state index contributed by atoms with van der Waals surface area (Å²) in [5, 5.41) is 7.13. The third-order valence-electron chi connectivity index (χ3n) is 5.84. The maximum Gasteiger partial charge on any atom is 0.191 e. The summed E-state index contributed by atoms with van der Waals surface area (Å²) in [4.78, 5) is 9.75. The summed E-state index contributed by atoms with van der Waals surface area (Å²) in [7, 11) is 4.43. The number of nitrogens with one attached hydrogen (secondary N) is 2. The van der Waals surface area contributed by atoms with Crippen LogP contribution in [0.15, 0.2) is 4.99 Å². The molecule has 0 aromatic rings. The Hall–Kier alpha value is -0.0800. The van der Waals surface area contributed by atoms with E-state index in [1.807, 2.05) is 0 Å². The summed E-state index contributed by atoms with van der Waals surface area (Å²) in [6, 6.07) is 1.11. The monoisotopic (exact) mass is 465 g/mol. The first kappa shape index (κ1) is 23.0. The summed E-state index contributed by atoms with van der Waals surface area (Å²) in [6.45, 7) is 12.1. The number of hydrogen-bond acceptors (Lipinski definition) is 3. The van der Waals surface area contributed by atoms with E-state index in [4.69, 9.17) is 4.99 Å². The molecule has 1 saturated carbocycles. The van der Waals surface area contributed by atoms with E-state index in [0.717, 1.165) is 50.5 Å². The Kier molecular flexibility index (Phi) is 10.6. The lowest BCUT2D eigenvalue weighted by atomic mass is 9.80. The summed E-state index contributed by atoms with van der Waals surface area (Å²) in [5.41, 5.74) is 0. The Morgan fingerprint density at radius 3 is 2.40 bits per heavy atom. The molecule has 2 rings (SSSR count). The Morgan fingerprint density at radius 1 is 1.12 bits per heavy atom. The van der Waals surface area contributed by atoms with E-state index in [9.17, 15) is 0 Å². The van der Waals surface area contributed by atoms with Gasteiger partial charge < -0.3 is 15.5 Å². The lowest BCUT2D eigenvalue weighted by molar-refractivity contribution is 0.119. The van der Waals surface area contributed by atoms with Gasteiger partial charge in [-0.15, -0.1) is 24.0 Å². The highest BCUT2D eigenvalue weighted by atomic mass is 127. The first-order valence-corrected chi connectivity index (χ1v) is 9.93. The van der Waals surface area contributed by atoms with Crippen molar-refractivity contribution < 1.29 is 0 Å². The Bertz CT molecular complexity index is 393. The first-order chi connectivity index (χ1) is 11.5. The zero-order valence-corrected chi connectivity index (χ0v) is 19.3. The molecule has 1 saturated heterocycles. The van der Waals surface area contributed by atoms with Gasteiger partial charge in [0.15, 0.2) is 5.96 Å². The van der Waals surface area contributed by atoms with Crippen LogP contribution >= 0.6 is 24.0 Å². The molecule has 5 nitrogen and oxygen atoms in total. The standard InChI is InChI=1S/C19H39N5.HI/c1-6-20-19(21-13-18-14-23(4)11-12-24(18)5)22-17-9-7-16(8-10-17)15(2)3;/h15-18H,6-14H2,1-5H3,(H2,20,21,22);1H. The van der Waals surface area contributed by atoms with E-state index >= 15 is 0 Å². The number of halogens is 1. The van der Waals surface area contributed by atoms with Crippen LogP contribution in [0, 0.1) is 11.8 Å². The van der Waals surface area contributed by atoms with Crippen molar-refractivity contribution in [1.82, 2.24) is 20.4 Å². The quantitative estimate of drug-likeness (QED) is 0.372. The molecule has 0 amide bonds. The normalized spacial score (nSPS) is 29.4. The maximum absolute atomic E-state index is 4.90. The Morgan fingerprint density at radius 2 is 1.80 bits per heavy atom. The molecular formula is C19H40IN5.